The van der Waals surface area contributed by atoms with Crippen molar-refractivity contribution in [1.29, 1.82) is 0 Å². The van der Waals surface area contributed by atoms with Crippen molar-refractivity contribution in [1.82, 2.24) is 5.32 Å². The Morgan fingerprint density at radius 3 is 2.07 bits per heavy atom. The molecule has 1 amide bonds. The number of alkyl halides is 5. The Morgan fingerprint density at radius 1 is 1.19 bits per heavy atom. The summed E-state index contributed by atoms with van der Waals surface area (Å²) in [4.78, 5) is 23.0. The fourth-order valence-electron chi connectivity index (χ4n) is 1.35. The molecule has 0 aliphatic heterocycles. The average Bonchev–Trinajstić information content (AvgIpc) is 2.48. The third kappa shape index (κ3) is 6.35. The molecule has 0 aliphatic carbocycles. The molecule has 0 heterocycles. The lowest BCUT2D eigenvalue weighted by molar-refractivity contribution is -0.353. The topological polar surface area (TPSA) is 119 Å². The quantitative estimate of drug-likeness (QED) is 0.135. The molecule has 0 aromatic carbocycles. The van der Waals surface area contributed by atoms with Gasteiger partial charge in [0.2, 0.25) is 5.83 Å². The van der Waals surface area contributed by atoms with Crippen LogP contribution in [0.3, 0.4) is 0 Å². The maximum absolute atomic E-state index is 13.4. The minimum Gasteiger partial charge on any atom is -0.410 e. The second-order valence-electron chi connectivity index (χ2n) is 4.92. The monoisotopic (exact) mass is 431 g/mol. The molecule has 2 N–H and O–H groups in total. The molecule has 27 heavy (non-hydrogen) atoms. The van der Waals surface area contributed by atoms with E-state index in [0.29, 0.717) is 6.42 Å². The van der Waals surface area contributed by atoms with E-state index in [2.05, 4.69) is 16.1 Å². The maximum Gasteiger partial charge on any atom is 0.466 e. The highest BCUT2D eigenvalue weighted by molar-refractivity contribution is 7.86. The zero-order chi connectivity index (χ0) is 21.7. The predicted molar refractivity (Wildman–Crippen MR) is 75.5 cm³/mol. The summed E-state index contributed by atoms with van der Waals surface area (Å²) in [6, 6.07) is 0. The SMILES string of the molecule is C=C(F)C(=O)OC(OCC(F)(F)S(=O)(=O)O)(C(=O)NCCCC)C(F)(F)F. The van der Waals surface area contributed by atoms with E-state index < -0.39 is 58.2 Å². The van der Waals surface area contributed by atoms with E-state index >= 15 is 0 Å². The van der Waals surface area contributed by atoms with Crippen molar-refractivity contribution in [2.24, 2.45) is 0 Å². The van der Waals surface area contributed by atoms with Crippen LogP contribution in [0.4, 0.5) is 26.3 Å². The van der Waals surface area contributed by atoms with Gasteiger partial charge in [-0.25, -0.2) is 4.79 Å². The Kier molecular flexibility index (Phi) is 8.26. The Hall–Kier alpha value is -1.87. The lowest BCUT2D eigenvalue weighted by Crippen LogP contribution is -2.62. The number of carbonyl (C=O) groups excluding carboxylic acids is 2. The van der Waals surface area contributed by atoms with E-state index in [9.17, 15) is 44.3 Å². The second kappa shape index (κ2) is 8.88. The molecular weight excluding hydrogens is 416 g/mol. The maximum atomic E-state index is 13.4. The number of ether oxygens (including phenoxy) is 2. The highest BCUT2D eigenvalue weighted by Gasteiger charge is 2.67. The molecule has 0 saturated carbocycles. The normalized spacial score (nSPS) is 15.0. The van der Waals surface area contributed by atoms with E-state index in [0.717, 1.165) is 0 Å². The van der Waals surface area contributed by atoms with Gasteiger partial charge in [0, 0.05) is 6.54 Å². The second-order valence-corrected chi connectivity index (χ2v) is 6.47. The zero-order valence-corrected chi connectivity index (χ0v) is 14.4. The first-order chi connectivity index (χ1) is 12.0. The van der Waals surface area contributed by atoms with Crippen LogP contribution in [0.1, 0.15) is 19.8 Å². The summed E-state index contributed by atoms with van der Waals surface area (Å²) in [6.45, 7) is 0.711. The van der Waals surface area contributed by atoms with Crippen molar-refractivity contribution in [2.75, 3.05) is 13.2 Å². The third-order valence-electron chi connectivity index (χ3n) is 2.77. The van der Waals surface area contributed by atoms with Gasteiger partial charge >= 0.3 is 39.2 Å². The van der Waals surface area contributed by atoms with Crippen LogP contribution >= 0.6 is 0 Å². The summed E-state index contributed by atoms with van der Waals surface area (Å²) in [5, 5.41) is -3.73. The van der Waals surface area contributed by atoms with Gasteiger partial charge in [0.1, 0.15) is 6.61 Å². The van der Waals surface area contributed by atoms with Crippen molar-refractivity contribution in [3.05, 3.63) is 12.4 Å². The highest BCUT2D eigenvalue weighted by Crippen LogP contribution is 2.38. The Balaban J connectivity index is 6.03. The van der Waals surface area contributed by atoms with Crippen LogP contribution in [0.5, 0.6) is 0 Å². The number of amides is 1. The number of hydrogen-bond donors (Lipinski definition) is 2. The molecular formula is C12H15F6NO7S. The van der Waals surface area contributed by atoms with Crippen molar-refractivity contribution in [2.45, 2.75) is 37.0 Å². The summed E-state index contributed by atoms with van der Waals surface area (Å²) in [5.41, 5.74) is 0. The summed E-state index contributed by atoms with van der Waals surface area (Å²) in [7, 11) is -6.25. The lowest BCUT2D eigenvalue weighted by atomic mass is 10.2. The van der Waals surface area contributed by atoms with E-state index in [4.69, 9.17) is 4.55 Å². The average molecular weight is 431 g/mol. The molecule has 1 unspecified atom stereocenters. The number of carbonyl (C=O) groups is 2. The number of rotatable bonds is 10. The van der Waals surface area contributed by atoms with E-state index in [1.165, 1.54) is 0 Å². The van der Waals surface area contributed by atoms with Crippen LogP contribution in [0.25, 0.3) is 0 Å². The van der Waals surface area contributed by atoms with E-state index in [1.807, 2.05) is 0 Å². The van der Waals surface area contributed by atoms with Gasteiger partial charge in [-0.05, 0) is 6.42 Å². The number of esters is 1. The highest BCUT2D eigenvalue weighted by atomic mass is 32.2. The van der Waals surface area contributed by atoms with Gasteiger partial charge in [-0.3, -0.25) is 9.35 Å². The number of nitrogens with one attached hydrogen (secondary N) is 1. The molecule has 0 aliphatic rings. The van der Waals surface area contributed by atoms with Gasteiger partial charge in [-0.1, -0.05) is 19.9 Å². The molecule has 0 radical (unpaired) electrons. The molecule has 0 bridgehead atoms. The predicted octanol–water partition coefficient (Wildman–Crippen LogP) is 1.68. The molecule has 0 aromatic rings. The fraction of sp³-hybridized carbons (Fsp3) is 0.667. The van der Waals surface area contributed by atoms with Crippen molar-refractivity contribution in [3.8, 4) is 0 Å². The standard InChI is InChI=1S/C12H15F6NO7S/c1-3-4-5-19-9(21)11(12(16,17)18,26-8(20)7(2)13)25-6-10(14,15)27(22,23)24/h2-6H2,1H3,(H,19,21)(H,22,23,24). The molecule has 15 heteroatoms. The zero-order valence-electron chi connectivity index (χ0n) is 13.6. The van der Waals surface area contributed by atoms with Crippen molar-refractivity contribution >= 4 is 22.0 Å². The summed E-state index contributed by atoms with van der Waals surface area (Å²) < 4.78 is 116. The van der Waals surface area contributed by atoms with Crippen LogP contribution in [0.15, 0.2) is 12.4 Å². The van der Waals surface area contributed by atoms with Gasteiger partial charge in [0.25, 0.3) is 0 Å². The minimum absolute atomic E-state index is 0.116. The smallest absolute Gasteiger partial charge is 0.410 e. The first-order valence-electron chi connectivity index (χ1n) is 6.93. The number of halogens is 6. The Morgan fingerprint density at radius 2 is 1.70 bits per heavy atom. The van der Waals surface area contributed by atoms with E-state index in [-0.39, 0.29) is 6.42 Å². The van der Waals surface area contributed by atoms with Crippen molar-refractivity contribution in [3.63, 3.8) is 0 Å². The summed E-state index contributed by atoms with van der Waals surface area (Å²) in [6.07, 6.45) is -5.56. The number of unbranched alkanes of at least 4 members (excludes halogenated alkanes) is 1. The number of hydrogen-bond acceptors (Lipinski definition) is 6. The fourth-order valence-corrected chi connectivity index (χ4v) is 1.56. The molecule has 0 fully saturated rings. The first kappa shape index (κ1) is 25.1. The van der Waals surface area contributed by atoms with Gasteiger partial charge in [0.15, 0.2) is 0 Å². The van der Waals surface area contributed by atoms with Gasteiger partial charge < -0.3 is 14.8 Å². The molecule has 0 spiro atoms. The molecule has 158 valence electrons. The molecule has 0 aromatic heterocycles. The van der Waals surface area contributed by atoms with Crippen LogP contribution in [0, 0.1) is 0 Å². The Bertz CT molecular complexity index is 678. The molecule has 0 rings (SSSR count). The van der Waals surface area contributed by atoms with Crippen LogP contribution < -0.4 is 5.32 Å². The van der Waals surface area contributed by atoms with Crippen LogP contribution in [-0.4, -0.2) is 55.2 Å². The Labute approximate surface area is 149 Å². The lowest BCUT2D eigenvalue weighted by Gasteiger charge is -2.33. The summed E-state index contributed by atoms with van der Waals surface area (Å²) >= 11 is 0. The largest absolute Gasteiger partial charge is 0.466 e. The molecule has 8 nitrogen and oxygen atoms in total. The van der Waals surface area contributed by atoms with Crippen LogP contribution in [-0.2, 0) is 29.2 Å². The third-order valence-corrected chi connectivity index (χ3v) is 3.64. The first-order valence-corrected chi connectivity index (χ1v) is 8.37. The van der Waals surface area contributed by atoms with Gasteiger partial charge in [0.05, 0.1) is 0 Å². The minimum atomic E-state index is -6.25. The molecule has 0 saturated heterocycles. The van der Waals surface area contributed by atoms with Crippen LogP contribution in [0.2, 0.25) is 0 Å². The van der Waals surface area contributed by atoms with Gasteiger partial charge in [-0.2, -0.15) is 34.8 Å². The van der Waals surface area contributed by atoms with Gasteiger partial charge in [-0.15, -0.1) is 0 Å². The molecule has 1 atom stereocenters. The summed E-state index contributed by atoms with van der Waals surface area (Å²) in [5.74, 6) is -11.8. The van der Waals surface area contributed by atoms with E-state index in [1.54, 1.807) is 12.2 Å². The van der Waals surface area contributed by atoms with Crippen molar-refractivity contribution < 1.29 is 58.4 Å².